The van der Waals surface area contributed by atoms with Crippen molar-refractivity contribution < 1.29 is 0 Å². The minimum absolute atomic E-state index is 0.552. The second-order valence-corrected chi connectivity index (χ2v) is 3.96. The number of rotatable bonds is 5. The fourth-order valence-electron chi connectivity index (χ4n) is 1.08. The highest BCUT2D eigenvalue weighted by Gasteiger charge is 2.03. The smallest absolute Gasteiger partial charge is 0.0940 e. The van der Waals surface area contributed by atoms with Gasteiger partial charge >= 0.3 is 0 Å². The van der Waals surface area contributed by atoms with E-state index >= 15 is 0 Å². The molecule has 1 rings (SSSR count). The van der Waals surface area contributed by atoms with Gasteiger partial charge in [-0.25, -0.2) is 4.98 Å². The predicted octanol–water partition coefficient (Wildman–Crippen LogP) is 2.07. The highest BCUT2D eigenvalue weighted by atomic mass is 32.1. The standard InChI is InChI=1S/C9H16N2S/c1-3-4-10-8(2)7-9-11-5-6-12-9/h5-6,8,10H,3-4,7H2,1-2H3. The number of hydrogen-bond donors (Lipinski definition) is 1. The Labute approximate surface area is 78.0 Å². The van der Waals surface area contributed by atoms with Crippen LogP contribution in [0.25, 0.3) is 0 Å². The average Bonchev–Trinajstić information content (AvgIpc) is 2.53. The van der Waals surface area contributed by atoms with E-state index in [1.807, 2.05) is 11.6 Å². The summed E-state index contributed by atoms with van der Waals surface area (Å²) >= 11 is 1.73. The lowest BCUT2D eigenvalue weighted by atomic mass is 10.2. The average molecular weight is 184 g/mol. The molecule has 0 fully saturated rings. The van der Waals surface area contributed by atoms with Crippen LogP contribution in [0.1, 0.15) is 25.3 Å². The molecule has 0 aromatic carbocycles. The van der Waals surface area contributed by atoms with Crippen molar-refractivity contribution in [1.82, 2.24) is 10.3 Å². The van der Waals surface area contributed by atoms with E-state index in [4.69, 9.17) is 0 Å². The Morgan fingerprint density at radius 1 is 1.67 bits per heavy atom. The Kier molecular flexibility index (Phi) is 4.25. The lowest BCUT2D eigenvalue weighted by Gasteiger charge is -2.10. The number of thiazole rings is 1. The van der Waals surface area contributed by atoms with Gasteiger partial charge in [0.2, 0.25) is 0 Å². The van der Waals surface area contributed by atoms with Crippen LogP contribution in [0.4, 0.5) is 0 Å². The molecule has 1 atom stereocenters. The SMILES string of the molecule is CCCNC(C)Cc1nccs1. The Bertz CT molecular complexity index is 196. The van der Waals surface area contributed by atoms with Crippen LogP contribution >= 0.6 is 11.3 Å². The maximum Gasteiger partial charge on any atom is 0.0940 e. The summed E-state index contributed by atoms with van der Waals surface area (Å²) in [7, 11) is 0. The normalized spacial score (nSPS) is 13.2. The zero-order valence-electron chi connectivity index (χ0n) is 7.71. The van der Waals surface area contributed by atoms with Crippen molar-refractivity contribution in [3.05, 3.63) is 16.6 Å². The first kappa shape index (κ1) is 9.68. The summed E-state index contributed by atoms with van der Waals surface area (Å²) in [6.07, 6.45) is 4.12. The molecule has 12 heavy (non-hydrogen) atoms. The number of nitrogens with one attached hydrogen (secondary N) is 1. The van der Waals surface area contributed by atoms with E-state index in [1.165, 1.54) is 11.4 Å². The first-order valence-electron chi connectivity index (χ1n) is 4.44. The van der Waals surface area contributed by atoms with Crippen molar-refractivity contribution in [3.63, 3.8) is 0 Å². The molecular formula is C9H16N2S. The van der Waals surface area contributed by atoms with Gasteiger partial charge < -0.3 is 5.32 Å². The quantitative estimate of drug-likeness (QED) is 0.758. The van der Waals surface area contributed by atoms with Gasteiger partial charge in [-0.2, -0.15) is 0 Å². The molecule has 0 saturated carbocycles. The molecule has 0 spiro atoms. The number of nitrogens with zero attached hydrogens (tertiary/aromatic N) is 1. The van der Waals surface area contributed by atoms with Crippen LogP contribution < -0.4 is 5.32 Å². The van der Waals surface area contributed by atoms with E-state index in [1.54, 1.807) is 11.3 Å². The van der Waals surface area contributed by atoms with Crippen LogP contribution in [0.15, 0.2) is 11.6 Å². The summed E-state index contributed by atoms with van der Waals surface area (Å²) in [6, 6.07) is 0.552. The van der Waals surface area contributed by atoms with Gasteiger partial charge in [-0.15, -0.1) is 11.3 Å². The molecule has 0 aliphatic heterocycles. The van der Waals surface area contributed by atoms with E-state index in [0.29, 0.717) is 6.04 Å². The first-order chi connectivity index (χ1) is 5.83. The minimum atomic E-state index is 0.552. The third-order valence-electron chi connectivity index (χ3n) is 1.71. The fraction of sp³-hybridized carbons (Fsp3) is 0.667. The maximum atomic E-state index is 4.24. The van der Waals surface area contributed by atoms with E-state index in [-0.39, 0.29) is 0 Å². The molecular weight excluding hydrogens is 168 g/mol. The largest absolute Gasteiger partial charge is 0.314 e. The topological polar surface area (TPSA) is 24.9 Å². The third kappa shape index (κ3) is 3.32. The number of hydrogen-bond acceptors (Lipinski definition) is 3. The molecule has 1 unspecified atom stereocenters. The van der Waals surface area contributed by atoms with Gasteiger partial charge in [-0.05, 0) is 19.9 Å². The van der Waals surface area contributed by atoms with Crippen molar-refractivity contribution in [3.8, 4) is 0 Å². The van der Waals surface area contributed by atoms with E-state index in [0.717, 1.165) is 13.0 Å². The molecule has 2 nitrogen and oxygen atoms in total. The molecule has 0 bridgehead atoms. The lowest BCUT2D eigenvalue weighted by Crippen LogP contribution is -2.28. The van der Waals surface area contributed by atoms with Crippen molar-refractivity contribution >= 4 is 11.3 Å². The van der Waals surface area contributed by atoms with Gasteiger partial charge in [-0.3, -0.25) is 0 Å². The first-order valence-corrected chi connectivity index (χ1v) is 5.32. The summed E-state index contributed by atoms with van der Waals surface area (Å²) in [5, 5.41) is 6.69. The van der Waals surface area contributed by atoms with Crippen LogP contribution in [-0.2, 0) is 6.42 Å². The molecule has 1 aromatic rings. The molecule has 1 aromatic heterocycles. The third-order valence-corrected chi connectivity index (χ3v) is 2.51. The minimum Gasteiger partial charge on any atom is -0.314 e. The van der Waals surface area contributed by atoms with Crippen LogP contribution in [0, 0.1) is 0 Å². The zero-order valence-corrected chi connectivity index (χ0v) is 8.53. The Morgan fingerprint density at radius 3 is 3.08 bits per heavy atom. The van der Waals surface area contributed by atoms with Gasteiger partial charge in [0.1, 0.15) is 0 Å². The molecule has 1 N–H and O–H groups in total. The van der Waals surface area contributed by atoms with E-state index in [2.05, 4.69) is 24.1 Å². The van der Waals surface area contributed by atoms with Crippen molar-refractivity contribution in [2.24, 2.45) is 0 Å². The van der Waals surface area contributed by atoms with Gasteiger partial charge in [-0.1, -0.05) is 6.92 Å². The van der Waals surface area contributed by atoms with E-state index in [9.17, 15) is 0 Å². The maximum absolute atomic E-state index is 4.24. The van der Waals surface area contributed by atoms with Crippen molar-refractivity contribution in [2.75, 3.05) is 6.54 Å². The Morgan fingerprint density at radius 2 is 2.50 bits per heavy atom. The van der Waals surface area contributed by atoms with Crippen LogP contribution in [-0.4, -0.2) is 17.6 Å². The van der Waals surface area contributed by atoms with Gasteiger partial charge in [0, 0.05) is 24.0 Å². The summed E-state index contributed by atoms with van der Waals surface area (Å²) in [4.78, 5) is 4.24. The predicted molar refractivity (Wildman–Crippen MR) is 53.6 cm³/mol. The molecule has 0 radical (unpaired) electrons. The summed E-state index contributed by atoms with van der Waals surface area (Å²) < 4.78 is 0. The van der Waals surface area contributed by atoms with Crippen LogP contribution in [0.2, 0.25) is 0 Å². The van der Waals surface area contributed by atoms with Crippen molar-refractivity contribution in [1.29, 1.82) is 0 Å². The summed E-state index contributed by atoms with van der Waals surface area (Å²) in [5.41, 5.74) is 0. The molecule has 0 amide bonds. The van der Waals surface area contributed by atoms with Crippen LogP contribution in [0.3, 0.4) is 0 Å². The molecule has 1 heterocycles. The lowest BCUT2D eigenvalue weighted by molar-refractivity contribution is 0.542. The molecule has 0 aliphatic carbocycles. The Hall–Kier alpha value is -0.410. The monoisotopic (exact) mass is 184 g/mol. The second-order valence-electron chi connectivity index (χ2n) is 2.99. The molecule has 68 valence electrons. The molecule has 0 aliphatic rings. The van der Waals surface area contributed by atoms with Gasteiger partial charge in [0.15, 0.2) is 0 Å². The highest BCUT2D eigenvalue weighted by Crippen LogP contribution is 2.06. The fourth-order valence-corrected chi connectivity index (χ4v) is 1.83. The summed E-state index contributed by atoms with van der Waals surface area (Å²) in [6.45, 7) is 5.49. The molecule has 0 saturated heterocycles. The summed E-state index contributed by atoms with van der Waals surface area (Å²) in [5.74, 6) is 0. The number of aromatic nitrogens is 1. The van der Waals surface area contributed by atoms with Gasteiger partial charge in [0.25, 0.3) is 0 Å². The van der Waals surface area contributed by atoms with E-state index < -0.39 is 0 Å². The second kappa shape index (κ2) is 5.27. The van der Waals surface area contributed by atoms with Crippen LogP contribution in [0.5, 0.6) is 0 Å². The highest BCUT2D eigenvalue weighted by molar-refractivity contribution is 7.09. The van der Waals surface area contributed by atoms with Gasteiger partial charge in [0.05, 0.1) is 5.01 Å². The zero-order chi connectivity index (χ0) is 8.81. The Balaban J connectivity index is 2.22. The molecule has 3 heteroatoms. The van der Waals surface area contributed by atoms with Crippen molar-refractivity contribution in [2.45, 2.75) is 32.7 Å².